The Balaban J connectivity index is 2.00. The lowest BCUT2D eigenvalue weighted by Gasteiger charge is -2.33. The molecule has 2 nitrogen and oxygen atoms in total. The highest BCUT2D eigenvalue weighted by Crippen LogP contribution is 2.27. The van der Waals surface area contributed by atoms with E-state index in [1.54, 1.807) is 0 Å². The van der Waals surface area contributed by atoms with Crippen molar-refractivity contribution in [3.8, 4) is 0 Å². The van der Waals surface area contributed by atoms with Gasteiger partial charge in [-0.3, -0.25) is 0 Å². The van der Waals surface area contributed by atoms with Crippen LogP contribution in [0.3, 0.4) is 0 Å². The van der Waals surface area contributed by atoms with E-state index in [9.17, 15) is 0 Å². The molecule has 18 heavy (non-hydrogen) atoms. The molecule has 0 fully saturated rings. The van der Waals surface area contributed by atoms with Crippen molar-refractivity contribution in [2.45, 2.75) is 46.1 Å². The number of hydrogen-bond donors (Lipinski definition) is 1. The SMILES string of the molecule is Cc1ccc2c(c1)CCCN2CCNC(C)(C)C. The summed E-state index contributed by atoms with van der Waals surface area (Å²) in [7, 11) is 0. The second kappa shape index (κ2) is 5.31. The maximum absolute atomic E-state index is 3.57. The lowest BCUT2D eigenvalue weighted by molar-refractivity contribution is 0.428. The van der Waals surface area contributed by atoms with Crippen molar-refractivity contribution in [1.29, 1.82) is 0 Å². The third kappa shape index (κ3) is 3.49. The molecule has 1 aliphatic heterocycles. The Hall–Kier alpha value is -1.02. The molecule has 0 unspecified atom stereocenters. The summed E-state index contributed by atoms with van der Waals surface area (Å²) in [5.41, 5.74) is 4.56. The van der Waals surface area contributed by atoms with Gasteiger partial charge in [0.05, 0.1) is 0 Å². The zero-order valence-corrected chi connectivity index (χ0v) is 12.2. The van der Waals surface area contributed by atoms with Gasteiger partial charge in [-0.15, -0.1) is 0 Å². The first-order chi connectivity index (χ1) is 8.46. The number of aryl methyl sites for hydroxylation is 2. The Morgan fingerprint density at radius 1 is 1.28 bits per heavy atom. The van der Waals surface area contributed by atoms with Gasteiger partial charge in [0, 0.05) is 30.9 Å². The van der Waals surface area contributed by atoms with Crippen LogP contribution in [0.25, 0.3) is 0 Å². The van der Waals surface area contributed by atoms with Crippen LogP contribution in [0.15, 0.2) is 18.2 Å². The number of fused-ring (bicyclic) bond motifs is 1. The smallest absolute Gasteiger partial charge is 0.0399 e. The first-order valence-electron chi connectivity index (χ1n) is 7.05. The summed E-state index contributed by atoms with van der Waals surface area (Å²) < 4.78 is 0. The zero-order chi connectivity index (χ0) is 13.2. The van der Waals surface area contributed by atoms with Crippen LogP contribution in [-0.2, 0) is 6.42 Å². The predicted molar refractivity (Wildman–Crippen MR) is 79.5 cm³/mol. The van der Waals surface area contributed by atoms with Crippen LogP contribution >= 0.6 is 0 Å². The fourth-order valence-electron chi connectivity index (χ4n) is 2.60. The molecule has 0 atom stereocenters. The largest absolute Gasteiger partial charge is 0.370 e. The summed E-state index contributed by atoms with van der Waals surface area (Å²) >= 11 is 0. The van der Waals surface area contributed by atoms with Gasteiger partial charge in [0.1, 0.15) is 0 Å². The van der Waals surface area contributed by atoms with E-state index in [1.807, 2.05) is 0 Å². The molecular formula is C16H26N2. The maximum atomic E-state index is 3.57. The average molecular weight is 246 g/mol. The van der Waals surface area contributed by atoms with Crippen LogP contribution in [-0.4, -0.2) is 25.2 Å². The van der Waals surface area contributed by atoms with Crippen molar-refractivity contribution in [3.05, 3.63) is 29.3 Å². The van der Waals surface area contributed by atoms with Crippen molar-refractivity contribution in [1.82, 2.24) is 5.32 Å². The van der Waals surface area contributed by atoms with Crippen LogP contribution < -0.4 is 10.2 Å². The first-order valence-corrected chi connectivity index (χ1v) is 7.05. The Bertz CT molecular complexity index is 404. The van der Waals surface area contributed by atoms with E-state index in [-0.39, 0.29) is 5.54 Å². The maximum Gasteiger partial charge on any atom is 0.0399 e. The van der Waals surface area contributed by atoms with Gasteiger partial charge in [-0.25, -0.2) is 0 Å². The van der Waals surface area contributed by atoms with Crippen LogP contribution in [0.2, 0.25) is 0 Å². The highest BCUT2D eigenvalue weighted by Gasteiger charge is 2.17. The van der Waals surface area contributed by atoms with E-state index in [1.165, 1.54) is 36.2 Å². The molecule has 1 aliphatic rings. The molecule has 0 saturated carbocycles. The quantitative estimate of drug-likeness (QED) is 0.881. The Morgan fingerprint density at radius 2 is 2.06 bits per heavy atom. The Labute approximate surface area is 111 Å². The molecule has 0 aromatic heterocycles. The molecule has 100 valence electrons. The van der Waals surface area contributed by atoms with Gasteiger partial charge in [0.15, 0.2) is 0 Å². The lowest BCUT2D eigenvalue weighted by Crippen LogP contribution is -2.42. The topological polar surface area (TPSA) is 15.3 Å². The summed E-state index contributed by atoms with van der Waals surface area (Å²) in [6.45, 7) is 12.2. The summed E-state index contributed by atoms with van der Waals surface area (Å²) in [4.78, 5) is 2.52. The number of rotatable bonds is 3. The van der Waals surface area contributed by atoms with Crippen molar-refractivity contribution >= 4 is 5.69 Å². The molecule has 0 spiro atoms. The number of nitrogens with one attached hydrogen (secondary N) is 1. The summed E-state index contributed by atoms with van der Waals surface area (Å²) in [5, 5.41) is 3.57. The second-order valence-electron chi connectivity index (χ2n) is 6.40. The van der Waals surface area contributed by atoms with E-state index >= 15 is 0 Å². The Morgan fingerprint density at radius 3 is 2.78 bits per heavy atom. The number of anilines is 1. The molecule has 0 aliphatic carbocycles. The van der Waals surface area contributed by atoms with Crippen LogP contribution in [0.1, 0.15) is 38.3 Å². The molecule has 1 aromatic rings. The number of nitrogens with zero attached hydrogens (tertiary/aromatic N) is 1. The van der Waals surface area contributed by atoms with Crippen molar-refractivity contribution in [2.24, 2.45) is 0 Å². The Kier molecular flexibility index (Phi) is 3.96. The highest BCUT2D eigenvalue weighted by atomic mass is 15.2. The second-order valence-corrected chi connectivity index (χ2v) is 6.40. The van der Waals surface area contributed by atoms with E-state index in [2.05, 4.69) is 56.1 Å². The molecule has 0 saturated heterocycles. The van der Waals surface area contributed by atoms with E-state index in [4.69, 9.17) is 0 Å². The molecule has 0 radical (unpaired) electrons. The minimum absolute atomic E-state index is 0.214. The van der Waals surface area contributed by atoms with Crippen molar-refractivity contribution in [2.75, 3.05) is 24.5 Å². The molecular weight excluding hydrogens is 220 g/mol. The minimum atomic E-state index is 0.214. The summed E-state index contributed by atoms with van der Waals surface area (Å²) in [6.07, 6.45) is 2.52. The van der Waals surface area contributed by atoms with Gasteiger partial charge >= 0.3 is 0 Å². The molecule has 0 amide bonds. The van der Waals surface area contributed by atoms with Gasteiger partial charge in [0.25, 0.3) is 0 Å². The third-order valence-corrected chi connectivity index (χ3v) is 3.49. The predicted octanol–water partition coefficient (Wildman–Crippen LogP) is 3.14. The van der Waals surface area contributed by atoms with Crippen molar-refractivity contribution in [3.63, 3.8) is 0 Å². The summed E-state index contributed by atoms with van der Waals surface area (Å²) in [5.74, 6) is 0. The van der Waals surface area contributed by atoms with Gasteiger partial charge in [-0.1, -0.05) is 17.7 Å². The fourth-order valence-corrected chi connectivity index (χ4v) is 2.60. The number of benzene rings is 1. The molecule has 1 heterocycles. The summed E-state index contributed by atoms with van der Waals surface area (Å²) in [6, 6.07) is 6.87. The fraction of sp³-hybridized carbons (Fsp3) is 0.625. The van der Waals surface area contributed by atoms with E-state index in [0.717, 1.165) is 13.1 Å². The third-order valence-electron chi connectivity index (χ3n) is 3.49. The molecule has 0 bridgehead atoms. The average Bonchev–Trinajstić information content (AvgIpc) is 2.27. The molecule has 1 N–H and O–H groups in total. The lowest BCUT2D eigenvalue weighted by atomic mass is 9.99. The van der Waals surface area contributed by atoms with Gasteiger partial charge in [-0.2, -0.15) is 0 Å². The zero-order valence-electron chi connectivity index (χ0n) is 12.2. The number of hydrogen-bond acceptors (Lipinski definition) is 2. The van der Waals surface area contributed by atoms with Crippen LogP contribution in [0.5, 0.6) is 0 Å². The van der Waals surface area contributed by atoms with Crippen LogP contribution in [0, 0.1) is 6.92 Å². The molecule has 2 heteroatoms. The molecule has 1 aromatic carbocycles. The van der Waals surface area contributed by atoms with Crippen molar-refractivity contribution < 1.29 is 0 Å². The van der Waals surface area contributed by atoms with Gasteiger partial charge < -0.3 is 10.2 Å². The van der Waals surface area contributed by atoms with Gasteiger partial charge in [0.2, 0.25) is 0 Å². The van der Waals surface area contributed by atoms with E-state index < -0.39 is 0 Å². The van der Waals surface area contributed by atoms with Gasteiger partial charge in [-0.05, 0) is 52.2 Å². The highest BCUT2D eigenvalue weighted by molar-refractivity contribution is 5.56. The van der Waals surface area contributed by atoms with E-state index in [0.29, 0.717) is 0 Å². The standard InChI is InChI=1S/C16H26N2/c1-13-7-8-15-14(12-13)6-5-10-18(15)11-9-17-16(2,3)4/h7-8,12,17H,5-6,9-11H2,1-4H3. The monoisotopic (exact) mass is 246 g/mol. The minimum Gasteiger partial charge on any atom is -0.370 e. The van der Waals surface area contributed by atoms with Crippen LogP contribution in [0.4, 0.5) is 5.69 Å². The molecule has 2 rings (SSSR count). The normalized spacial score (nSPS) is 15.7. The first kappa shape index (κ1) is 13.4.